The Balaban J connectivity index is 0.00000441. The summed E-state index contributed by atoms with van der Waals surface area (Å²) in [5.41, 5.74) is 1.48. The van der Waals surface area contributed by atoms with Crippen molar-refractivity contribution in [1.29, 1.82) is 0 Å². The zero-order valence-electron chi connectivity index (χ0n) is 26.7. The Labute approximate surface area is 280 Å². The minimum absolute atomic E-state index is 0. The van der Waals surface area contributed by atoms with Crippen LogP contribution in [0.4, 0.5) is 0 Å². The summed E-state index contributed by atoms with van der Waals surface area (Å²) in [5.74, 6) is 1.93. The fourth-order valence-corrected chi connectivity index (χ4v) is 10.8. The number of aliphatic hydroxyl groups is 2. The first-order valence-corrected chi connectivity index (χ1v) is 15.6. The van der Waals surface area contributed by atoms with E-state index in [1.807, 2.05) is 0 Å². The van der Waals surface area contributed by atoms with E-state index in [2.05, 4.69) is 47.6 Å². The van der Waals surface area contributed by atoms with Crippen LogP contribution >= 0.6 is 0 Å². The van der Waals surface area contributed by atoms with E-state index in [9.17, 15) is 10.2 Å². The van der Waals surface area contributed by atoms with Crippen molar-refractivity contribution < 1.29 is 73.2 Å². The predicted molar refractivity (Wildman–Crippen MR) is 154 cm³/mol. The smallest absolute Gasteiger partial charge is 0.146 e. The molecule has 6 nitrogen and oxygen atoms in total. The number of fused-ring (bicyclic) bond motifs is 5. The number of aliphatic hydroxyl groups excluding tert-OH is 2. The van der Waals surface area contributed by atoms with Gasteiger partial charge in [-0.05, 0) is 117 Å². The summed E-state index contributed by atoms with van der Waals surface area (Å²) in [4.78, 5) is 0. The van der Waals surface area contributed by atoms with Gasteiger partial charge in [0.1, 0.15) is 13.6 Å². The van der Waals surface area contributed by atoms with Gasteiger partial charge >= 0.3 is 0 Å². The Bertz CT molecular complexity index is 849. The molecule has 1 radical (unpaired) electrons. The maximum atomic E-state index is 11.7. The van der Waals surface area contributed by atoms with Crippen molar-refractivity contribution >= 4 is 0 Å². The summed E-state index contributed by atoms with van der Waals surface area (Å²) in [6.07, 6.45) is 10.3. The van der Waals surface area contributed by atoms with Crippen LogP contribution in [0, 0.1) is 95.8 Å². The Hall–Kier alpha value is 0.942. The van der Waals surface area contributed by atoms with Crippen molar-refractivity contribution in [2.45, 2.75) is 111 Å². The molecule has 0 heterocycles. The summed E-state index contributed by atoms with van der Waals surface area (Å²) < 4.78 is 23.6. The minimum atomic E-state index is -0.384. The molecule has 4 fully saturated rings. The van der Waals surface area contributed by atoms with Crippen molar-refractivity contribution in [3.63, 3.8) is 0 Å². The molecule has 0 amide bonds. The Kier molecular flexibility index (Phi) is 12.7. The van der Waals surface area contributed by atoms with Gasteiger partial charge in [-0.1, -0.05) is 39.3 Å². The average Bonchev–Trinajstić information content (AvgIpc) is 3.15. The number of rotatable bonds is 11. The molecule has 40 heavy (non-hydrogen) atoms. The summed E-state index contributed by atoms with van der Waals surface area (Å²) >= 11 is 0. The molecule has 4 saturated carbocycles. The Morgan fingerprint density at radius 3 is 2.20 bits per heavy atom. The molecule has 4 rings (SSSR count). The Morgan fingerprint density at radius 2 is 1.60 bits per heavy atom. The van der Waals surface area contributed by atoms with Crippen LogP contribution in [0.15, 0.2) is 11.6 Å². The standard InChI is InChI=1S/C33H58O6.Ac/c1-21(2)10-9-11-23(18-34)29-25-16-28(39-20-37-8)30-31(4)14-13-27(38-19-36-7)22(3)24(31)12-15-32(30,5)33(25,6)17-26(29)35;/h10,22-30,34-35H,9,11-20H2,1-8H3;/t22?,23-,24?,25?,26+,27-,28-,29?,30?,31+,32?,33+;/m1./s1. The summed E-state index contributed by atoms with van der Waals surface area (Å²) in [5, 5.41) is 22.3. The van der Waals surface area contributed by atoms with Gasteiger partial charge in [0.25, 0.3) is 0 Å². The molecule has 0 bridgehead atoms. The molecular formula is C33H58AcO6. The molecule has 229 valence electrons. The average molecular weight is 778 g/mol. The zero-order valence-corrected chi connectivity index (χ0v) is 31.4. The van der Waals surface area contributed by atoms with Crippen molar-refractivity contribution in [2.75, 3.05) is 34.4 Å². The normalized spacial score (nSPS) is 45.0. The van der Waals surface area contributed by atoms with Crippen molar-refractivity contribution in [2.24, 2.45) is 51.8 Å². The van der Waals surface area contributed by atoms with Gasteiger partial charge in [0.05, 0.1) is 18.3 Å². The molecule has 0 aromatic rings. The number of methoxy groups -OCH3 is 2. The van der Waals surface area contributed by atoms with Gasteiger partial charge in [-0.2, -0.15) is 0 Å². The van der Waals surface area contributed by atoms with Crippen LogP contribution in [0.5, 0.6) is 0 Å². The molecule has 2 N–H and O–H groups in total. The first-order chi connectivity index (χ1) is 18.5. The molecule has 4 aliphatic rings. The van der Waals surface area contributed by atoms with Crippen LogP contribution in [0.25, 0.3) is 0 Å². The van der Waals surface area contributed by atoms with E-state index in [1.165, 1.54) is 12.0 Å². The third kappa shape index (κ3) is 6.22. The quantitative estimate of drug-likeness (QED) is 0.193. The second-order valence-corrected chi connectivity index (χ2v) is 14.6. The first kappa shape index (κ1) is 35.4. The van der Waals surface area contributed by atoms with Gasteiger partial charge in [-0.3, -0.25) is 0 Å². The van der Waals surface area contributed by atoms with Crippen LogP contribution in [-0.4, -0.2) is 62.9 Å². The van der Waals surface area contributed by atoms with Gasteiger partial charge in [-0.25, -0.2) is 0 Å². The second-order valence-electron chi connectivity index (χ2n) is 14.6. The van der Waals surface area contributed by atoms with E-state index < -0.39 is 0 Å². The van der Waals surface area contributed by atoms with Gasteiger partial charge in [0, 0.05) is 64.9 Å². The predicted octanol–water partition coefficient (Wildman–Crippen LogP) is 6.20. The fraction of sp³-hybridized carbons (Fsp3) is 0.939. The molecule has 0 spiro atoms. The number of hydrogen-bond acceptors (Lipinski definition) is 6. The second kappa shape index (κ2) is 14.4. The van der Waals surface area contributed by atoms with E-state index in [-0.39, 0.29) is 97.1 Å². The molecule has 7 heteroatoms. The van der Waals surface area contributed by atoms with Crippen LogP contribution in [-0.2, 0) is 18.9 Å². The van der Waals surface area contributed by atoms with Gasteiger partial charge in [-0.15, -0.1) is 0 Å². The van der Waals surface area contributed by atoms with Crippen molar-refractivity contribution in [3.05, 3.63) is 11.6 Å². The molecule has 0 aromatic heterocycles. The summed E-state index contributed by atoms with van der Waals surface area (Å²) in [6, 6.07) is 0. The molecule has 0 saturated heterocycles. The Morgan fingerprint density at radius 1 is 0.950 bits per heavy atom. The fourth-order valence-electron chi connectivity index (χ4n) is 10.8. The van der Waals surface area contributed by atoms with E-state index in [0.717, 1.165) is 44.9 Å². The molecule has 6 unspecified atom stereocenters. The maximum Gasteiger partial charge on any atom is 0.146 e. The van der Waals surface area contributed by atoms with Crippen LogP contribution in [0.1, 0.15) is 92.9 Å². The number of allylic oxidation sites excluding steroid dienone is 2. The van der Waals surface area contributed by atoms with E-state index in [0.29, 0.717) is 37.3 Å². The third-order valence-electron chi connectivity index (χ3n) is 12.6. The summed E-state index contributed by atoms with van der Waals surface area (Å²) in [7, 11) is 3.41. The van der Waals surface area contributed by atoms with Crippen molar-refractivity contribution in [1.82, 2.24) is 0 Å². The minimum Gasteiger partial charge on any atom is -0.396 e. The van der Waals surface area contributed by atoms with Crippen LogP contribution in [0.2, 0.25) is 0 Å². The number of hydrogen-bond donors (Lipinski definition) is 2. The number of ether oxygens (including phenoxy) is 4. The van der Waals surface area contributed by atoms with Gasteiger partial charge in [0.2, 0.25) is 0 Å². The SMILES string of the molecule is COCO[C@@H]1CC[C@@]2(C)C(CCC3(C)C2[C@H](OCOC)CC2C([C@@H](CO)CCC=C(C)C)[C@@H](O)C[C@@]23C)C1C.[Ac]. The molecule has 12 atom stereocenters. The third-order valence-corrected chi connectivity index (χ3v) is 12.6. The molecule has 4 aliphatic carbocycles. The maximum absolute atomic E-state index is 11.7. The molecule has 0 aliphatic heterocycles. The van der Waals surface area contributed by atoms with E-state index >= 15 is 0 Å². The van der Waals surface area contributed by atoms with Crippen LogP contribution in [0.3, 0.4) is 0 Å². The summed E-state index contributed by atoms with van der Waals surface area (Å²) in [6.45, 7) is 15.0. The zero-order chi connectivity index (χ0) is 28.6. The van der Waals surface area contributed by atoms with Crippen molar-refractivity contribution in [3.8, 4) is 0 Å². The van der Waals surface area contributed by atoms with E-state index in [4.69, 9.17) is 18.9 Å². The molecule has 0 aromatic carbocycles. The topological polar surface area (TPSA) is 77.4 Å². The van der Waals surface area contributed by atoms with Crippen LogP contribution < -0.4 is 0 Å². The molecular weight excluding hydrogens is 719 g/mol. The van der Waals surface area contributed by atoms with Gasteiger partial charge < -0.3 is 29.2 Å². The largest absolute Gasteiger partial charge is 0.396 e. The van der Waals surface area contributed by atoms with Gasteiger partial charge in [0.15, 0.2) is 0 Å². The first-order valence-electron chi connectivity index (χ1n) is 15.6. The van der Waals surface area contributed by atoms with E-state index in [1.54, 1.807) is 14.2 Å². The monoisotopic (exact) mass is 777 g/mol.